The third-order valence-corrected chi connectivity index (χ3v) is 5.29. The van der Waals surface area contributed by atoms with E-state index < -0.39 is 0 Å². The van der Waals surface area contributed by atoms with Gasteiger partial charge >= 0.3 is 0 Å². The Morgan fingerprint density at radius 2 is 2.12 bits per heavy atom. The van der Waals surface area contributed by atoms with E-state index in [1.165, 1.54) is 5.57 Å². The Bertz CT molecular complexity index is 763. The first-order valence-corrected chi connectivity index (χ1v) is 8.70. The van der Waals surface area contributed by atoms with Gasteiger partial charge in [0.2, 0.25) is 0 Å². The number of amides is 1. The van der Waals surface area contributed by atoms with Gasteiger partial charge in [0, 0.05) is 31.0 Å². The van der Waals surface area contributed by atoms with Gasteiger partial charge in [-0.1, -0.05) is 23.8 Å². The number of benzene rings is 1. The van der Waals surface area contributed by atoms with E-state index in [1.807, 2.05) is 35.1 Å². The second-order valence-electron chi connectivity index (χ2n) is 7.12. The summed E-state index contributed by atoms with van der Waals surface area (Å²) in [5.41, 5.74) is 3.38. The van der Waals surface area contributed by atoms with Crippen LogP contribution in [-0.2, 0) is 6.54 Å². The lowest BCUT2D eigenvalue weighted by atomic mass is 9.83. The van der Waals surface area contributed by atoms with Gasteiger partial charge in [0.05, 0.1) is 6.54 Å². The third-order valence-electron chi connectivity index (χ3n) is 5.29. The highest BCUT2D eigenvalue weighted by Gasteiger charge is 2.36. The average Bonchev–Trinajstić information content (AvgIpc) is 3.23. The van der Waals surface area contributed by atoms with Gasteiger partial charge in [-0.25, -0.2) is 0 Å². The number of nitrogens with zero attached hydrogens (tertiary/aromatic N) is 3. The van der Waals surface area contributed by atoms with Crippen LogP contribution in [0, 0.1) is 11.8 Å². The number of aromatic nitrogens is 2. The molecule has 2 atom stereocenters. The minimum Gasteiger partial charge on any atom is -0.338 e. The summed E-state index contributed by atoms with van der Waals surface area (Å²) < 4.78 is 1.88. The van der Waals surface area contributed by atoms with Gasteiger partial charge in [0.15, 0.2) is 0 Å². The quantitative estimate of drug-likeness (QED) is 0.813. The van der Waals surface area contributed by atoms with Gasteiger partial charge in [0.1, 0.15) is 0 Å². The van der Waals surface area contributed by atoms with E-state index in [9.17, 15) is 4.79 Å². The molecule has 1 aliphatic carbocycles. The Morgan fingerprint density at radius 3 is 2.96 bits per heavy atom. The van der Waals surface area contributed by atoms with Gasteiger partial charge < -0.3 is 4.90 Å². The summed E-state index contributed by atoms with van der Waals surface area (Å²) in [7, 11) is 0. The fourth-order valence-corrected chi connectivity index (χ4v) is 4.02. The van der Waals surface area contributed by atoms with Crippen LogP contribution in [0.3, 0.4) is 0 Å². The summed E-state index contributed by atoms with van der Waals surface area (Å²) in [6, 6.07) is 9.88. The van der Waals surface area contributed by atoms with Crippen LogP contribution in [-0.4, -0.2) is 33.7 Å². The highest BCUT2D eigenvalue weighted by molar-refractivity contribution is 5.94. The topological polar surface area (TPSA) is 38.1 Å². The molecule has 2 aliphatic rings. The smallest absolute Gasteiger partial charge is 0.253 e. The molecule has 0 unspecified atom stereocenters. The molecule has 1 fully saturated rings. The monoisotopic (exact) mass is 321 g/mol. The molecule has 0 bridgehead atoms. The molecule has 0 spiro atoms. The molecule has 2 heterocycles. The normalized spacial score (nSPS) is 23.0. The number of carbonyl (C=O) groups is 1. The van der Waals surface area contributed by atoms with E-state index >= 15 is 0 Å². The maximum absolute atomic E-state index is 12.9. The van der Waals surface area contributed by atoms with Gasteiger partial charge in [-0.2, -0.15) is 5.10 Å². The van der Waals surface area contributed by atoms with Crippen LogP contribution in [0.15, 0.2) is 54.4 Å². The van der Waals surface area contributed by atoms with Crippen LogP contribution < -0.4 is 0 Å². The Hall–Kier alpha value is -2.36. The molecule has 0 N–H and O–H groups in total. The number of likely N-dealkylation sites (tertiary alicyclic amines) is 1. The zero-order valence-electron chi connectivity index (χ0n) is 14.1. The molecular formula is C20H23N3O. The molecule has 4 nitrogen and oxygen atoms in total. The first-order valence-electron chi connectivity index (χ1n) is 8.70. The molecule has 0 radical (unpaired) electrons. The van der Waals surface area contributed by atoms with Crippen molar-refractivity contribution in [3.63, 3.8) is 0 Å². The standard InChI is InChI=1S/C20H23N3O/c1-15-6-7-18-13-22(14-19(18)10-15)20(24)17-5-2-4-16(11-17)12-23-9-3-8-21-23/h2-6,8-9,11,18-19H,7,10,12-14H2,1H3/t18-,19+/m1/s1. The largest absolute Gasteiger partial charge is 0.338 e. The molecule has 1 aliphatic heterocycles. The molecule has 1 saturated heterocycles. The summed E-state index contributed by atoms with van der Waals surface area (Å²) in [5, 5.41) is 4.24. The van der Waals surface area contributed by atoms with E-state index in [4.69, 9.17) is 0 Å². The van der Waals surface area contributed by atoms with Crippen LogP contribution in [0.25, 0.3) is 0 Å². The van der Waals surface area contributed by atoms with E-state index in [-0.39, 0.29) is 5.91 Å². The molecule has 2 aromatic rings. The van der Waals surface area contributed by atoms with Crippen molar-refractivity contribution in [3.8, 4) is 0 Å². The molecule has 24 heavy (non-hydrogen) atoms. The first kappa shape index (κ1) is 15.2. The van der Waals surface area contributed by atoms with E-state index in [0.29, 0.717) is 18.4 Å². The predicted molar refractivity (Wildman–Crippen MR) is 93.6 cm³/mol. The molecule has 124 valence electrons. The lowest BCUT2D eigenvalue weighted by Gasteiger charge is -2.21. The highest BCUT2D eigenvalue weighted by Crippen LogP contribution is 2.36. The van der Waals surface area contributed by atoms with E-state index in [2.05, 4.69) is 29.1 Å². The molecular weight excluding hydrogens is 298 g/mol. The van der Waals surface area contributed by atoms with Crippen LogP contribution >= 0.6 is 0 Å². The van der Waals surface area contributed by atoms with Crippen molar-refractivity contribution in [2.45, 2.75) is 26.3 Å². The fourth-order valence-electron chi connectivity index (χ4n) is 4.02. The minimum atomic E-state index is 0.171. The Kier molecular flexibility index (Phi) is 3.97. The second-order valence-corrected chi connectivity index (χ2v) is 7.12. The highest BCUT2D eigenvalue weighted by atomic mass is 16.2. The number of fused-ring (bicyclic) bond motifs is 1. The van der Waals surface area contributed by atoms with Gasteiger partial charge in [-0.3, -0.25) is 9.48 Å². The van der Waals surface area contributed by atoms with Crippen molar-refractivity contribution in [2.24, 2.45) is 11.8 Å². The lowest BCUT2D eigenvalue weighted by molar-refractivity contribution is 0.0784. The zero-order valence-corrected chi connectivity index (χ0v) is 14.1. The number of hydrogen-bond donors (Lipinski definition) is 0. The zero-order chi connectivity index (χ0) is 16.5. The Labute approximate surface area is 142 Å². The van der Waals surface area contributed by atoms with E-state index in [1.54, 1.807) is 6.20 Å². The van der Waals surface area contributed by atoms with Gasteiger partial charge in [0.25, 0.3) is 5.91 Å². The minimum absolute atomic E-state index is 0.171. The Balaban J connectivity index is 1.47. The van der Waals surface area contributed by atoms with Crippen molar-refractivity contribution < 1.29 is 4.79 Å². The number of carbonyl (C=O) groups excluding carboxylic acids is 1. The summed E-state index contributed by atoms with van der Waals surface area (Å²) in [4.78, 5) is 15.0. The maximum atomic E-state index is 12.9. The van der Waals surface area contributed by atoms with Crippen LogP contribution in [0.2, 0.25) is 0 Å². The Morgan fingerprint density at radius 1 is 1.25 bits per heavy atom. The second kappa shape index (κ2) is 6.27. The molecule has 1 amide bonds. The SMILES string of the molecule is CC1=CC[C@@H]2CN(C(=O)c3cccc(Cn4cccn4)c3)C[C@@H]2C1. The molecule has 4 rings (SSSR count). The molecule has 1 aromatic heterocycles. The number of rotatable bonds is 3. The van der Waals surface area contributed by atoms with Gasteiger partial charge in [-0.05, 0) is 55.4 Å². The van der Waals surface area contributed by atoms with Crippen molar-refractivity contribution in [3.05, 3.63) is 65.5 Å². The summed E-state index contributed by atoms with van der Waals surface area (Å²) in [6.07, 6.45) is 8.33. The predicted octanol–water partition coefficient (Wildman–Crippen LogP) is 3.36. The third kappa shape index (κ3) is 3.01. The molecule has 0 saturated carbocycles. The van der Waals surface area contributed by atoms with Crippen molar-refractivity contribution in [2.75, 3.05) is 13.1 Å². The van der Waals surface area contributed by atoms with Crippen molar-refractivity contribution in [1.82, 2.24) is 14.7 Å². The van der Waals surface area contributed by atoms with Crippen molar-refractivity contribution >= 4 is 5.91 Å². The first-order chi connectivity index (χ1) is 11.7. The summed E-state index contributed by atoms with van der Waals surface area (Å²) in [6.45, 7) is 4.71. The molecule has 1 aromatic carbocycles. The van der Waals surface area contributed by atoms with Crippen LogP contribution in [0.1, 0.15) is 35.7 Å². The fraction of sp³-hybridized carbons (Fsp3) is 0.400. The van der Waals surface area contributed by atoms with Crippen molar-refractivity contribution in [1.29, 1.82) is 0 Å². The van der Waals surface area contributed by atoms with Crippen LogP contribution in [0.5, 0.6) is 0 Å². The summed E-state index contributed by atoms with van der Waals surface area (Å²) >= 11 is 0. The van der Waals surface area contributed by atoms with E-state index in [0.717, 1.165) is 37.1 Å². The van der Waals surface area contributed by atoms with Gasteiger partial charge in [-0.15, -0.1) is 0 Å². The number of hydrogen-bond acceptors (Lipinski definition) is 2. The maximum Gasteiger partial charge on any atom is 0.253 e. The summed E-state index contributed by atoms with van der Waals surface area (Å²) in [5.74, 6) is 1.46. The average molecular weight is 321 g/mol. The van der Waals surface area contributed by atoms with Crippen LogP contribution in [0.4, 0.5) is 0 Å². The molecule has 4 heteroatoms. The number of allylic oxidation sites excluding steroid dienone is 2. The lowest BCUT2D eigenvalue weighted by Crippen LogP contribution is -2.29.